The first-order chi connectivity index (χ1) is 14.7. The third-order valence-electron chi connectivity index (χ3n) is 4.05. The summed E-state index contributed by atoms with van der Waals surface area (Å²) in [7, 11) is 0. The van der Waals surface area contributed by atoms with E-state index in [1.165, 1.54) is 12.1 Å². The van der Waals surface area contributed by atoms with Crippen molar-refractivity contribution in [3.63, 3.8) is 0 Å². The Labute approximate surface area is 180 Å². The van der Waals surface area contributed by atoms with Gasteiger partial charge in [0.25, 0.3) is 11.8 Å². The molecule has 2 amide bonds. The van der Waals surface area contributed by atoms with Crippen LogP contribution in [-0.2, 0) is 11.0 Å². The van der Waals surface area contributed by atoms with Crippen molar-refractivity contribution in [2.75, 3.05) is 17.2 Å². The summed E-state index contributed by atoms with van der Waals surface area (Å²) < 4.78 is 44.1. The number of benzene rings is 3. The fraction of sp³-hybridized carbons (Fsp3) is 0.0909. The van der Waals surface area contributed by atoms with Gasteiger partial charge in [0.15, 0.2) is 6.61 Å². The van der Waals surface area contributed by atoms with Crippen LogP contribution >= 0.6 is 11.6 Å². The van der Waals surface area contributed by atoms with Crippen molar-refractivity contribution < 1.29 is 27.5 Å². The minimum Gasteiger partial charge on any atom is -0.484 e. The number of carbonyl (C=O) groups is 2. The molecule has 31 heavy (non-hydrogen) atoms. The molecule has 3 aromatic carbocycles. The normalized spacial score (nSPS) is 11.0. The zero-order valence-electron chi connectivity index (χ0n) is 15.9. The maximum Gasteiger partial charge on any atom is 0.417 e. The number of hydrogen-bond acceptors (Lipinski definition) is 3. The standard InChI is InChI=1S/C22H16ClF3N2O3/c23-19-10-9-16(12-18(19)22(24,25)26)27-20(29)13-31-17-8-4-7-15(11-17)28-21(30)14-5-2-1-3-6-14/h1-12H,13H2,(H,27,29)(H,28,30). The van der Waals surface area contributed by atoms with Crippen molar-refractivity contribution in [1.82, 2.24) is 0 Å². The molecule has 2 N–H and O–H groups in total. The maximum absolute atomic E-state index is 12.9. The van der Waals surface area contributed by atoms with Crippen molar-refractivity contribution in [1.29, 1.82) is 0 Å². The van der Waals surface area contributed by atoms with Crippen LogP contribution in [0, 0.1) is 0 Å². The van der Waals surface area contributed by atoms with E-state index >= 15 is 0 Å². The van der Waals surface area contributed by atoms with Crippen LogP contribution in [0.2, 0.25) is 5.02 Å². The van der Waals surface area contributed by atoms with E-state index in [2.05, 4.69) is 10.6 Å². The predicted octanol–water partition coefficient (Wildman–Crippen LogP) is 5.63. The van der Waals surface area contributed by atoms with E-state index in [1.54, 1.807) is 48.5 Å². The molecular weight excluding hydrogens is 433 g/mol. The highest BCUT2D eigenvalue weighted by Gasteiger charge is 2.33. The molecular formula is C22H16ClF3N2O3. The Morgan fingerprint density at radius 3 is 2.29 bits per heavy atom. The number of alkyl halides is 3. The molecule has 0 bridgehead atoms. The molecule has 0 fully saturated rings. The number of hydrogen-bond donors (Lipinski definition) is 2. The summed E-state index contributed by atoms with van der Waals surface area (Å²) in [5.41, 5.74) is -0.169. The summed E-state index contributed by atoms with van der Waals surface area (Å²) in [6, 6.07) is 18.1. The third kappa shape index (κ3) is 6.23. The fourth-order valence-electron chi connectivity index (χ4n) is 2.62. The maximum atomic E-state index is 12.9. The number of nitrogens with one attached hydrogen (secondary N) is 2. The molecule has 0 aliphatic rings. The molecule has 0 spiro atoms. The van der Waals surface area contributed by atoms with Crippen molar-refractivity contribution in [2.24, 2.45) is 0 Å². The van der Waals surface area contributed by atoms with Gasteiger partial charge in [-0.25, -0.2) is 0 Å². The van der Waals surface area contributed by atoms with Crippen LogP contribution < -0.4 is 15.4 Å². The van der Waals surface area contributed by atoms with Crippen molar-refractivity contribution >= 4 is 34.8 Å². The largest absolute Gasteiger partial charge is 0.484 e. The Kier molecular flexibility index (Phi) is 6.81. The first-order valence-corrected chi connectivity index (χ1v) is 9.36. The molecule has 0 saturated carbocycles. The third-order valence-corrected chi connectivity index (χ3v) is 4.38. The number of ether oxygens (including phenoxy) is 1. The molecule has 5 nitrogen and oxygen atoms in total. The molecule has 0 atom stereocenters. The molecule has 3 rings (SSSR count). The van der Waals surface area contributed by atoms with E-state index in [0.29, 0.717) is 17.0 Å². The molecule has 0 aliphatic carbocycles. The molecule has 160 valence electrons. The van der Waals surface area contributed by atoms with Crippen LogP contribution in [0.25, 0.3) is 0 Å². The van der Waals surface area contributed by atoms with E-state index in [0.717, 1.165) is 12.1 Å². The van der Waals surface area contributed by atoms with Gasteiger partial charge in [0, 0.05) is 23.0 Å². The molecule has 0 heterocycles. The van der Waals surface area contributed by atoms with Gasteiger partial charge < -0.3 is 15.4 Å². The second-order valence-electron chi connectivity index (χ2n) is 6.38. The van der Waals surface area contributed by atoms with Gasteiger partial charge in [-0.1, -0.05) is 35.9 Å². The molecule has 0 aromatic heterocycles. The molecule has 9 heteroatoms. The summed E-state index contributed by atoms with van der Waals surface area (Å²) >= 11 is 5.56. The summed E-state index contributed by atoms with van der Waals surface area (Å²) in [6.45, 7) is -0.444. The van der Waals surface area contributed by atoms with Crippen LogP contribution in [0.4, 0.5) is 24.5 Å². The monoisotopic (exact) mass is 448 g/mol. The van der Waals surface area contributed by atoms with Gasteiger partial charge in [-0.05, 0) is 42.5 Å². The van der Waals surface area contributed by atoms with Gasteiger partial charge >= 0.3 is 6.18 Å². The predicted molar refractivity (Wildman–Crippen MR) is 111 cm³/mol. The van der Waals surface area contributed by atoms with Crippen LogP contribution in [0.5, 0.6) is 5.75 Å². The van der Waals surface area contributed by atoms with Crippen molar-refractivity contribution in [2.45, 2.75) is 6.18 Å². The minimum atomic E-state index is -4.64. The van der Waals surface area contributed by atoms with Crippen LogP contribution in [0.1, 0.15) is 15.9 Å². The lowest BCUT2D eigenvalue weighted by atomic mass is 10.2. The second-order valence-corrected chi connectivity index (χ2v) is 6.78. The highest BCUT2D eigenvalue weighted by Crippen LogP contribution is 2.36. The van der Waals surface area contributed by atoms with E-state index in [9.17, 15) is 22.8 Å². The lowest BCUT2D eigenvalue weighted by Gasteiger charge is -2.12. The van der Waals surface area contributed by atoms with Gasteiger partial charge in [0.1, 0.15) is 5.75 Å². The zero-order chi connectivity index (χ0) is 22.4. The van der Waals surface area contributed by atoms with Crippen LogP contribution in [0.3, 0.4) is 0 Å². The zero-order valence-corrected chi connectivity index (χ0v) is 16.6. The number of amides is 2. The van der Waals surface area contributed by atoms with Crippen molar-refractivity contribution in [3.05, 3.63) is 88.9 Å². The fourth-order valence-corrected chi connectivity index (χ4v) is 2.85. The number of anilines is 2. The SMILES string of the molecule is O=C(COc1cccc(NC(=O)c2ccccc2)c1)Nc1ccc(Cl)c(C(F)(F)F)c1. The minimum absolute atomic E-state index is 0.0609. The lowest BCUT2D eigenvalue weighted by Crippen LogP contribution is -2.20. The average molecular weight is 449 g/mol. The Hall–Kier alpha value is -3.52. The van der Waals surface area contributed by atoms with Gasteiger partial charge in [0.2, 0.25) is 0 Å². The molecule has 0 unspecified atom stereocenters. The molecule has 3 aromatic rings. The van der Waals surface area contributed by atoms with Gasteiger partial charge in [-0.15, -0.1) is 0 Å². The Balaban J connectivity index is 1.58. The first kappa shape index (κ1) is 22.2. The van der Waals surface area contributed by atoms with Gasteiger partial charge in [-0.3, -0.25) is 9.59 Å². The Bertz CT molecular complexity index is 1090. The number of rotatable bonds is 6. The summed E-state index contributed by atoms with van der Waals surface area (Å²) in [5, 5.41) is 4.58. The number of carbonyl (C=O) groups excluding carboxylic acids is 2. The van der Waals surface area contributed by atoms with Crippen LogP contribution in [-0.4, -0.2) is 18.4 Å². The smallest absolute Gasteiger partial charge is 0.417 e. The lowest BCUT2D eigenvalue weighted by molar-refractivity contribution is -0.137. The quantitative estimate of drug-likeness (QED) is 0.513. The van der Waals surface area contributed by atoms with E-state index in [4.69, 9.17) is 16.3 Å². The molecule has 0 aliphatic heterocycles. The topological polar surface area (TPSA) is 67.4 Å². The average Bonchev–Trinajstić information content (AvgIpc) is 2.74. The van der Waals surface area contributed by atoms with Crippen LogP contribution in [0.15, 0.2) is 72.8 Å². The highest BCUT2D eigenvalue weighted by atomic mass is 35.5. The van der Waals surface area contributed by atoms with E-state index in [1.807, 2.05) is 0 Å². The summed E-state index contributed by atoms with van der Waals surface area (Å²) in [5.74, 6) is -0.666. The highest BCUT2D eigenvalue weighted by molar-refractivity contribution is 6.31. The first-order valence-electron chi connectivity index (χ1n) is 8.98. The number of halogens is 4. The van der Waals surface area contributed by atoms with Crippen molar-refractivity contribution in [3.8, 4) is 5.75 Å². The van der Waals surface area contributed by atoms with E-state index in [-0.39, 0.29) is 11.6 Å². The van der Waals surface area contributed by atoms with E-state index < -0.39 is 29.3 Å². The Morgan fingerprint density at radius 2 is 1.58 bits per heavy atom. The summed E-state index contributed by atoms with van der Waals surface area (Å²) in [4.78, 5) is 24.3. The molecule has 0 saturated heterocycles. The molecule has 0 radical (unpaired) electrons. The van der Waals surface area contributed by atoms with Gasteiger partial charge in [0.05, 0.1) is 10.6 Å². The Morgan fingerprint density at radius 1 is 0.871 bits per heavy atom. The summed E-state index contributed by atoms with van der Waals surface area (Å²) in [6.07, 6.45) is -4.64. The van der Waals surface area contributed by atoms with Gasteiger partial charge in [-0.2, -0.15) is 13.2 Å². The second kappa shape index (κ2) is 9.53.